The van der Waals surface area contributed by atoms with Gasteiger partial charge in [-0.2, -0.15) is 4.98 Å². The molecule has 7 heterocycles. The monoisotopic (exact) mass is 841 g/mol. The molecule has 0 radical (unpaired) electrons. The fourth-order valence-electron chi connectivity index (χ4n) is 10.4. The maximum absolute atomic E-state index is 14.5. The van der Waals surface area contributed by atoms with Crippen LogP contribution in [-0.2, 0) is 44.7 Å². The van der Waals surface area contributed by atoms with Crippen LogP contribution in [0.25, 0.3) is 11.2 Å². The zero-order valence-corrected chi connectivity index (χ0v) is 36.5. The molecular weight excluding hydrogens is 778 g/mol. The summed E-state index contributed by atoms with van der Waals surface area (Å²) >= 11 is 0. The van der Waals surface area contributed by atoms with Gasteiger partial charge in [-0.15, -0.1) is 0 Å². The quantitative estimate of drug-likeness (QED) is 0.298. The number of ether oxygens (including phenoxy) is 6. The molecule has 2 aromatic rings. The van der Waals surface area contributed by atoms with Gasteiger partial charge in [0.2, 0.25) is 5.65 Å². The maximum atomic E-state index is 14.5. The summed E-state index contributed by atoms with van der Waals surface area (Å²) in [5.74, 6) is -2.36. The fraction of sp³-hybridized carbons (Fsp3) is 0.762. The number of aliphatic hydroxyl groups excluding tert-OH is 1. The summed E-state index contributed by atoms with van der Waals surface area (Å²) in [6, 6.07) is 2.79. The van der Waals surface area contributed by atoms with E-state index in [2.05, 4.69) is 29.0 Å². The normalized spacial score (nSPS) is 40.0. The highest BCUT2D eigenvalue weighted by Gasteiger charge is 2.60. The summed E-state index contributed by atoms with van der Waals surface area (Å²) in [5.41, 5.74) is 6.12. The number of amides is 1. The first-order valence-electron chi connectivity index (χ1n) is 21.3. The van der Waals surface area contributed by atoms with Crippen molar-refractivity contribution in [1.29, 1.82) is 0 Å². The molecule has 4 bridgehead atoms. The molecule has 7 rings (SSSR count). The van der Waals surface area contributed by atoms with E-state index in [1.807, 2.05) is 53.6 Å². The zero-order chi connectivity index (χ0) is 43.3. The summed E-state index contributed by atoms with van der Waals surface area (Å²) in [4.78, 5) is 51.4. The zero-order valence-electron chi connectivity index (χ0n) is 36.5. The van der Waals surface area contributed by atoms with Crippen molar-refractivity contribution in [2.45, 2.75) is 141 Å². The van der Waals surface area contributed by atoms with Crippen LogP contribution in [0.4, 0.5) is 10.8 Å². The number of cyclic esters (lactones) is 1. The molecule has 5 aliphatic heterocycles. The first-order valence-corrected chi connectivity index (χ1v) is 21.3. The molecule has 0 saturated carbocycles. The Morgan fingerprint density at radius 2 is 1.85 bits per heavy atom. The molecule has 1 amide bonds. The number of nitrogen functional groups attached to an aromatic ring is 1. The van der Waals surface area contributed by atoms with Gasteiger partial charge in [0.05, 0.1) is 61.3 Å². The number of rotatable bonds is 7. The third kappa shape index (κ3) is 8.47. The smallest absolute Gasteiger partial charge is 0.410 e. The number of esters is 1. The summed E-state index contributed by atoms with van der Waals surface area (Å²) in [6.07, 6.45) is -3.63. The lowest BCUT2D eigenvalue weighted by Crippen LogP contribution is -2.60. The van der Waals surface area contributed by atoms with Crippen LogP contribution in [0.15, 0.2) is 26.7 Å². The van der Waals surface area contributed by atoms with Gasteiger partial charge in [-0.1, -0.05) is 32.9 Å². The van der Waals surface area contributed by atoms with E-state index < -0.39 is 71.8 Å². The van der Waals surface area contributed by atoms with Crippen molar-refractivity contribution >= 4 is 40.7 Å². The lowest BCUT2D eigenvalue weighted by molar-refractivity contribution is -0.302. The van der Waals surface area contributed by atoms with Crippen LogP contribution in [-0.4, -0.2) is 149 Å². The van der Waals surface area contributed by atoms with Gasteiger partial charge in [0, 0.05) is 30.1 Å². The van der Waals surface area contributed by atoms with Gasteiger partial charge in [-0.25, -0.2) is 9.78 Å². The number of aromatic nitrogens is 2. The average molecular weight is 842 g/mol. The Morgan fingerprint density at radius 1 is 1.08 bits per heavy atom. The molecule has 5 aliphatic rings. The standard InChI is InChI=1S/C42H63N7O11/c1-11-30-42(8)34-23(4)31(44-14-15-49(34)40(52)60-42)21(2)17-41(7)35(59-38-32(50)28(48(9)10)16-22(3)56-38)24(5)33(25(6)37(51)58-30)53-18-27(19-54-41)47-55-20-26-12-13-29-36(45-26)46-39(43)57-29/h12-13,21-25,28,30,32-35,38,50H,11,14-20H2,1-10H3,(H2,43,45,46)/b47-27+/t21-,22+,23+,24+,25-,28-,30-,32+,33+,34-,35-,38-,41-,42-/m1/s1. The number of likely N-dealkylation sites (N-methyl/N-ethyl adjacent to an activating group) is 1. The fourth-order valence-corrected chi connectivity index (χ4v) is 10.4. The van der Waals surface area contributed by atoms with E-state index in [4.69, 9.17) is 48.4 Å². The third-order valence-electron chi connectivity index (χ3n) is 13.3. The van der Waals surface area contributed by atoms with Gasteiger partial charge in [-0.05, 0) is 79.1 Å². The predicted molar refractivity (Wildman–Crippen MR) is 219 cm³/mol. The van der Waals surface area contributed by atoms with Crippen molar-refractivity contribution in [2.75, 3.05) is 46.1 Å². The van der Waals surface area contributed by atoms with Crippen molar-refractivity contribution in [1.82, 2.24) is 19.8 Å². The van der Waals surface area contributed by atoms with Crippen LogP contribution in [0.2, 0.25) is 0 Å². The first-order chi connectivity index (χ1) is 28.4. The Morgan fingerprint density at radius 3 is 2.58 bits per heavy atom. The molecule has 18 nitrogen and oxygen atoms in total. The molecule has 18 heteroatoms. The number of oxime groups is 1. The maximum Gasteiger partial charge on any atom is 0.410 e. The minimum Gasteiger partial charge on any atom is -0.458 e. The Hall–Kier alpha value is -3.94. The van der Waals surface area contributed by atoms with Crippen LogP contribution in [0.5, 0.6) is 0 Å². The highest BCUT2D eigenvalue weighted by molar-refractivity contribution is 5.91. The molecule has 60 heavy (non-hydrogen) atoms. The first kappa shape index (κ1) is 44.1. The van der Waals surface area contributed by atoms with E-state index in [1.54, 1.807) is 24.0 Å². The second-order valence-electron chi connectivity index (χ2n) is 18.0. The third-order valence-corrected chi connectivity index (χ3v) is 13.3. The summed E-state index contributed by atoms with van der Waals surface area (Å²) in [6.45, 7) is 16.4. The van der Waals surface area contributed by atoms with Gasteiger partial charge in [-0.3, -0.25) is 14.7 Å². The van der Waals surface area contributed by atoms with Gasteiger partial charge < -0.3 is 53.4 Å². The average Bonchev–Trinajstić information content (AvgIpc) is 3.63. The number of nitrogens with zero attached hydrogens (tertiary/aromatic N) is 6. The molecule has 332 valence electrons. The molecule has 4 saturated heterocycles. The van der Waals surface area contributed by atoms with Crippen LogP contribution in [0, 0.1) is 23.7 Å². The topological polar surface area (TPSA) is 215 Å². The Bertz CT molecular complexity index is 1940. The molecule has 0 spiro atoms. The highest BCUT2D eigenvalue weighted by Crippen LogP contribution is 2.45. The number of anilines is 1. The number of pyridine rings is 1. The van der Waals surface area contributed by atoms with Gasteiger partial charge >= 0.3 is 12.1 Å². The van der Waals surface area contributed by atoms with E-state index in [0.717, 1.165) is 5.71 Å². The lowest BCUT2D eigenvalue weighted by Gasteiger charge is -2.48. The van der Waals surface area contributed by atoms with E-state index >= 15 is 0 Å². The lowest BCUT2D eigenvalue weighted by atomic mass is 9.72. The van der Waals surface area contributed by atoms with Crippen LogP contribution in [0.3, 0.4) is 0 Å². The molecule has 14 atom stereocenters. The predicted octanol–water partition coefficient (Wildman–Crippen LogP) is 3.97. The largest absolute Gasteiger partial charge is 0.458 e. The van der Waals surface area contributed by atoms with Gasteiger partial charge in [0.25, 0.3) is 6.01 Å². The van der Waals surface area contributed by atoms with E-state index in [1.165, 1.54) is 0 Å². The highest BCUT2D eigenvalue weighted by atomic mass is 16.7. The number of carbonyl (C=O) groups excluding carboxylic acids is 2. The number of hydrogen-bond donors (Lipinski definition) is 2. The number of oxazole rings is 1. The molecular formula is C42H63N7O11. The van der Waals surface area contributed by atoms with Crippen LogP contribution < -0.4 is 5.73 Å². The van der Waals surface area contributed by atoms with Gasteiger partial charge in [0.1, 0.15) is 17.9 Å². The van der Waals surface area contributed by atoms with Crippen molar-refractivity contribution in [3.05, 3.63) is 17.8 Å². The number of hydrogen-bond acceptors (Lipinski definition) is 17. The van der Waals surface area contributed by atoms with Crippen LogP contribution >= 0.6 is 0 Å². The van der Waals surface area contributed by atoms with Crippen molar-refractivity contribution < 1.29 is 52.4 Å². The molecule has 4 fully saturated rings. The molecule has 3 N–H and O–H groups in total. The SMILES string of the molecule is CC[C@H]1OC(=O)[C@H](C)[C@H]2OC/C(=N\OCc3ccc4oc(N)nc4n3)CO[C@](C)(C[C@@H](C)C3=NCCN4C(=O)O[C@@]1(C)[C@H]4[C@H]3C)[C@H](O[C@H]1O[C@@H](C)C[C@@H](N(C)C)[C@@H]1O)[C@H]2C. The van der Waals surface area contributed by atoms with E-state index in [-0.39, 0.29) is 49.8 Å². The summed E-state index contributed by atoms with van der Waals surface area (Å²) < 4.78 is 45.1. The second kappa shape index (κ2) is 17.4. The van der Waals surface area contributed by atoms with E-state index in [0.29, 0.717) is 55.0 Å². The molecule has 0 aliphatic carbocycles. The number of aliphatic imine (C=N–C) groups is 1. The number of fused-ring (bicyclic) bond motifs is 5. The number of carbonyl (C=O) groups is 2. The number of nitrogens with two attached hydrogens (primary N) is 1. The second-order valence-corrected chi connectivity index (χ2v) is 18.0. The van der Waals surface area contributed by atoms with Crippen molar-refractivity contribution in [3.63, 3.8) is 0 Å². The van der Waals surface area contributed by atoms with E-state index in [9.17, 15) is 14.7 Å². The minimum atomic E-state index is -1.15. The van der Waals surface area contributed by atoms with Crippen LogP contribution in [0.1, 0.15) is 80.3 Å². The minimum absolute atomic E-state index is 0.00851. The molecule has 0 aromatic carbocycles. The van der Waals surface area contributed by atoms with Gasteiger partial charge in [0.15, 0.2) is 24.1 Å². The molecule has 0 unspecified atom stereocenters. The van der Waals surface area contributed by atoms with Crippen molar-refractivity contribution in [3.8, 4) is 0 Å². The van der Waals surface area contributed by atoms with Crippen molar-refractivity contribution in [2.24, 2.45) is 33.8 Å². The molecule has 2 aromatic heterocycles. The summed E-state index contributed by atoms with van der Waals surface area (Å²) in [7, 11) is 3.85. The Kier molecular flexibility index (Phi) is 12.8. The Balaban J connectivity index is 1.29. The Labute approximate surface area is 351 Å². The summed E-state index contributed by atoms with van der Waals surface area (Å²) in [5, 5.41) is 16.3. The number of aliphatic hydroxyl groups is 1.